The number of amides is 1. The van der Waals surface area contributed by atoms with Gasteiger partial charge in [-0.2, -0.15) is 5.26 Å². The van der Waals surface area contributed by atoms with Crippen molar-refractivity contribution in [1.82, 2.24) is 15.1 Å². The first-order chi connectivity index (χ1) is 14.1. The van der Waals surface area contributed by atoms with E-state index in [9.17, 15) is 4.79 Å². The second kappa shape index (κ2) is 10.3. The van der Waals surface area contributed by atoms with Crippen molar-refractivity contribution in [3.8, 4) is 6.07 Å². The van der Waals surface area contributed by atoms with Gasteiger partial charge in [-0.05, 0) is 36.8 Å². The van der Waals surface area contributed by atoms with Crippen LogP contribution in [0.1, 0.15) is 17.7 Å². The minimum atomic E-state index is -0.0861. The Hall–Kier alpha value is -2.54. The summed E-state index contributed by atoms with van der Waals surface area (Å²) in [5.74, 6) is 0.800. The van der Waals surface area contributed by atoms with E-state index in [0.29, 0.717) is 33.3 Å². The molecule has 0 fully saturated rings. The Labute approximate surface area is 181 Å². The number of nitrogens with one attached hydrogen (secondary N) is 1. The van der Waals surface area contributed by atoms with Crippen molar-refractivity contribution in [2.24, 2.45) is 0 Å². The lowest BCUT2D eigenvalue weighted by Crippen LogP contribution is -2.32. The molecule has 1 N–H and O–H groups in total. The molecular formula is C19H18ClN5O2S2. The summed E-state index contributed by atoms with van der Waals surface area (Å²) in [7, 11) is 0. The molecule has 150 valence electrons. The Bertz CT molecular complexity index is 1000. The fourth-order valence-corrected chi connectivity index (χ4v) is 4.30. The van der Waals surface area contributed by atoms with Gasteiger partial charge in [-0.3, -0.25) is 4.79 Å². The summed E-state index contributed by atoms with van der Waals surface area (Å²) >= 11 is 8.82. The third-order valence-corrected chi connectivity index (χ3v) is 6.37. The van der Waals surface area contributed by atoms with Crippen LogP contribution in [0, 0.1) is 18.3 Å². The Morgan fingerprint density at radius 3 is 3.00 bits per heavy atom. The molecular weight excluding hydrogens is 430 g/mol. The quantitative estimate of drug-likeness (QED) is 0.467. The maximum Gasteiger partial charge on any atom is 0.233 e. The number of benzene rings is 1. The van der Waals surface area contributed by atoms with Gasteiger partial charge in [-0.25, -0.2) is 0 Å². The molecule has 0 bridgehead atoms. The molecule has 0 saturated carbocycles. The van der Waals surface area contributed by atoms with Gasteiger partial charge in [0.2, 0.25) is 11.0 Å². The molecule has 0 aliphatic rings. The number of carbonyl (C=O) groups excluding carboxylic acids is 1. The molecule has 0 spiro atoms. The van der Waals surface area contributed by atoms with E-state index < -0.39 is 0 Å². The molecule has 0 radical (unpaired) electrons. The van der Waals surface area contributed by atoms with E-state index in [4.69, 9.17) is 21.3 Å². The van der Waals surface area contributed by atoms with Gasteiger partial charge in [0.25, 0.3) is 0 Å². The molecule has 3 rings (SSSR count). The second-order valence-corrected chi connectivity index (χ2v) is 8.61. The first kappa shape index (κ1) is 21.2. The predicted molar refractivity (Wildman–Crippen MR) is 114 cm³/mol. The van der Waals surface area contributed by atoms with Crippen LogP contribution in [0.4, 0.5) is 10.8 Å². The van der Waals surface area contributed by atoms with Crippen molar-refractivity contribution < 1.29 is 9.21 Å². The predicted octanol–water partition coefficient (Wildman–Crippen LogP) is 4.87. The molecule has 10 heteroatoms. The fourth-order valence-electron chi connectivity index (χ4n) is 2.46. The summed E-state index contributed by atoms with van der Waals surface area (Å²) in [5, 5.41) is 21.6. The summed E-state index contributed by atoms with van der Waals surface area (Å²) in [6.45, 7) is 2.62. The van der Waals surface area contributed by atoms with Gasteiger partial charge in [0, 0.05) is 17.3 Å². The highest BCUT2D eigenvalue weighted by atomic mass is 35.5. The van der Waals surface area contributed by atoms with Crippen LogP contribution in [-0.2, 0) is 11.3 Å². The van der Waals surface area contributed by atoms with Crippen molar-refractivity contribution in [3.63, 3.8) is 0 Å². The second-order valence-electron chi connectivity index (χ2n) is 6.00. The topological polar surface area (TPSA) is 95.0 Å². The van der Waals surface area contributed by atoms with Gasteiger partial charge < -0.3 is 14.6 Å². The molecule has 0 unspecified atom stereocenters. The normalized spacial score (nSPS) is 10.5. The van der Waals surface area contributed by atoms with Crippen molar-refractivity contribution in [2.75, 3.05) is 17.6 Å². The van der Waals surface area contributed by atoms with Crippen molar-refractivity contribution in [2.45, 2.75) is 24.2 Å². The van der Waals surface area contributed by atoms with Crippen molar-refractivity contribution in [3.05, 3.63) is 52.9 Å². The Morgan fingerprint density at radius 1 is 1.38 bits per heavy atom. The van der Waals surface area contributed by atoms with E-state index in [1.54, 1.807) is 23.3 Å². The lowest BCUT2D eigenvalue weighted by molar-refractivity contribution is -0.129. The number of anilines is 2. The molecule has 0 aliphatic heterocycles. The van der Waals surface area contributed by atoms with Crippen LogP contribution in [0.25, 0.3) is 0 Å². The number of nitriles is 1. The van der Waals surface area contributed by atoms with Crippen molar-refractivity contribution >= 4 is 51.4 Å². The van der Waals surface area contributed by atoms with E-state index >= 15 is 0 Å². The monoisotopic (exact) mass is 447 g/mol. The standard InChI is InChI=1S/C19H18ClN5O2S2/c1-13-15(20)6-2-7-16(13)22-18-23-24-19(29-18)28-12-17(26)25(9-4-8-21)11-14-5-3-10-27-14/h2-3,5-7,10H,4,9,11-12H2,1H3,(H,22,23). The number of halogens is 1. The molecule has 2 aromatic heterocycles. The first-order valence-electron chi connectivity index (χ1n) is 8.72. The molecule has 29 heavy (non-hydrogen) atoms. The molecule has 7 nitrogen and oxygen atoms in total. The summed E-state index contributed by atoms with van der Waals surface area (Å²) in [5.41, 5.74) is 1.79. The third kappa shape index (κ3) is 5.97. The van der Waals surface area contributed by atoms with E-state index in [1.807, 2.05) is 25.1 Å². The molecule has 1 aromatic carbocycles. The number of hydrogen-bond acceptors (Lipinski definition) is 8. The molecule has 0 aliphatic carbocycles. The molecule has 3 aromatic rings. The van der Waals surface area contributed by atoms with Crippen LogP contribution in [0.15, 0.2) is 45.4 Å². The molecule has 1 amide bonds. The van der Waals surface area contributed by atoms with Crippen LogP contribution >= 0.6 is 34.7 Å². The van der Waals surface area contributed by atoms with Gasteiger partial charge in [-0.15, -0.1) is 10.2 Å². The van der Waals surface area contributed by atoms with Gasteiger partial charge >= 0.3 is 0 Å². The number of aromatic nitrogens is 2. The summed E-state index contributed by atoms with van der Waals surface area (Å²) in [6.07, 6.45) is 1.83. The summed E-state index contributed by atoms with van der Waals surface area (Å²) in [4.78, 5) is 14.2. The zero-order chi connectivity index (χ0) is 20.6. The number of hydrogen-bond donors (Lipinski definition) is 1. The van der Waals surface area contributed by atoms with Crippen molar-refractivity contribution in [1.29, 1.82) is 5.26 Å². The smallest absolute Gasteiger partial charge is 0.233 e. The molecule has 0 atom stereocenters. The van der Waals surface area contributed by atoms with Gasteiger partial charge in [0.05, 0.1) is 31.1 Å². The lowest BCUT2D eigenvalue weighted by Gasteiger charge is -2.19. The SMILES string of the molecule is Cc1c(Cl)cccc1Nc1nnc(SCC(=O)N(CCC#N)Cc2ccco2)s1. The number of carbonyl (C=O) groups is 1. The van der Waals surface area contributed by atoms with Crippen LogP contribution in [0.5, 0.6) is 0 Å². The lowest BCUT2D eigenvalue weighted by atomic mass is 10.2. The molecule has 0 saturated heterocycles. The third-order valence-electron chi connectivity index (χ3n) is 4.01. The van der Waals surface area contributed by atoms with Gasteiger partial charge in [-0.1, -0.05) is 40.8 Å². The summed E-state index contributed by atoms with van der Waals surface area (Å²) in [6, 6.07) is 11.3. The fraction of sp³-hybridized carbons (Fsp3) is 0.263. The average molecular weight is 448 g/mol. The van der Waals surface area contributed by atoms with E-state index in [-0.39, 0.29) is 18.1 Å². The highest BCUT2D eigenvalue weighted by molar-refractivity contribution is 8.01. The Kier molecular flexibility index (Phi) is 7.52. The van der Waals surface area contributed by atoms with Crippen LogP contribution in [-0.4, -0.2) is 33.3 Å². The summed E-state index contributed by atoms with van der Waals surface area (Å²) < 4.78 is 5.99. The Morgan fingerprint density at radius 2 is 2.24 bits per heavy atom. The molecule has 2 heterocycles. The van der Waals surface area contributed by atoms with Gasteiger partial charge in [0.15, 0.2) is 4.34 Å². The van der Waals surface area contributed by atoms with E-state index in [1.165, 1.54) is 23.1 Å². The van der Waals surface area contributed by atoms with E-state index in [0.717, 1.165) is 11.3 Å². The Balaban J connectivity index is 1.57. The maximum atomic E-state index is 12.6. The average Bonchev–Trinajstić information content (AvgIpc) is 3.39. The zero-order valence-electron chi connectivity index (χ0n) is 15.6. The highest BCUT2D eigenvalue weighted by Gasteiger charge is 2.17. The minimum absolute atomic E-state index is 0.0861. The largest absolute Gasteiger partial charge is 0.467 e. The minimum Gasteiger partial charge on any atom is -0.467 e. The van der Waals surface area contributed by atoms with Crippen LogP contribution in [0.2, 0.25) is 5.02 Å². The van der Waals surface area contributed by atoms with Crippen LogP contribution < -0.4 is 5.32 Å². The first-order valence-corrected chi connectivity index (χ1v) is 10.9. The number of furan rings is 1. The number of thioether (sulfide) groups is 1. The van der Waals surface area contributed by atoms with Crippen LogP contribution in [0.3, 0.4) is 0 Å². The maximum absolute atomic E-state index is 12.6. The highest BCUT2D eigenvalue weighted by Crippen LogP contribution is 2.30. The zero-order valence-corrected chi connectivity index (χ0v) is 18.0. The number of rotatable bonds is 9. The number of nitrogens with zero attached hydrogens (tertiary/aromatic N) is 4. The van der Waals surface area contributed by atoms with Gasteiger partial charge in [0.1, 0.15) is 5.76 Å². The van der Waals surface area contributed by atoms with E-state index in [2.05, 4.69) is 21.6 Å².